The number of hydrogen-bond acceptors (Lipinski definition) is 4. The van der Waals surface area contributed by atoms with E-state index in [9.17, 15) is 14.4 Å². The summed E-state index contributed by atoms with van der Waals surface area (Å²) in [6.45, 7) is 2.44. The fourth-order valence-electron chi connectivity index (χ4n) is 3.24. The maximum atomic E-state index is 12.8. The molecule has 2 N–H and O–H groups in total. The van der Waals surface area contributed by atoms with Crippen molar-refractivity contribution in [3.05, 3.63) is 92.0 Å². The summed E-state index contributed by atoms with van der Waals surface area (Å²) in [5.74, 6) is -0.976. The lowest BCUT2D eigenvalue weighted by Crippen LogP contribution is -2.39. The van der Waals surface area contributed by atoms with E-state index in [2.05, 4.69) is 10.6 Å². The maximum absolute atomic E-state index is 12.8. The van der Waals surface area contributed by atoms with Crippen molar-refractivity contribution >= 4 is 23.2 Å². The third-order valence-corrected chi connectivity index (χ3v) is 5.53. The van der Waals surface area contributed by atoms with Gasteiger partial charge in [0.15, 0.2) is 0 Å². The molecule has 2 amide bonds. The molecular weight excluding hydrogens is 398 g/mol. The van der Waals surface area contributed by atoms with Crippen molar-refractivity contribution in [2.45, 2.75) is 32.4 Å². The van der Waals surface area contributed by atoms with Gasteiger partial charge < -0.3 is 15.2 Å². The van der Waals surface area contributed by atoms with Crippen LogP contribution < -0.4 is 16.1 Å². The van der Waals surface area contributed by atoms with Gasteiger partial charge >= 0.3 is 0 Å². The van der Waals surface area contributed by atoms with Gasteiger partial charge in [-0.15, -0.1) is 0 Å². The Morgan fingerprint density at radius 2 is 1.73 bits per heavy atom. The van der Waals surface area contributed by atoms with Gasteiger partial charge in [-0.3, -0.25) is 14.4 Å². The highest BCUT2D eigenvalue weighted by molar-refractivity contribution is 7.07. The number of nitrogens with one attached hydrogen (secondary N) is 2. The highest BCUT2D eigenvalue weighted by Gasteiger charge is 2.20. The van der Waals surface area contributed by atoms with Crippen molar-refractivity contribution in [3.8, 4) is 0 Å². The molecule has 3 aromatic rings. The molecule has 2 heterocycles. The predicted molar refractivity (Wildman–Crippen MR) is 119 cm³/mol. The number of nitrogens with zero attached hydrogens (tertiary/aromatic N) is 1. The molecule has 156 valence electrons. The molecule has 0 saturated heterocycles. The van der Waals surface area contributed by atoms with Crippen molar-refractivity contribution in [2.24, 2.45) is 0 Å². The average molecular weight is 424 g/mol. The average Bonchev–Trinajstić information content (AvgIpc) is 3.25. The van der Waals surface area contributed by atoms with Crippen LogP contribution in [0.15, 0.2) is 64.3 Å². The van der Waals surface area contributed by atoms with Gasteiger partial charge in [0, 0.05) is 32.0 Å². The van der Waals surface area contributed by atoms with E-state index in [1.807, 2.05) is 54.1 Å². The second-order valence-electron chi connectivity index (χ2n) is 7.18. The molecule has 1 unspecified atom stereocenters. The van der Waals surface area contributed by atoms with Crippen molar-refractivity contribution in [1.82, 2.24) is 15.2 Å². The molecule has 2 aromatic heterocycles. The number of aromatic nitrogens is 1. The van der Waals surface area contributed by atoms with Crippen LogP contribution >= 0.6 is 11.3 Å². The van der Waals surface area contributed by atoms with Crippen LogP contribution in [0.1, 0.15) is 38.8 Å². The summed E-state index contributed by atoms with van der Waals surface area (Å²) in [7, 11) is 1.46. The van der Waals surface area contributed by atoms with Gasteiger partial charge in [-0.05, 0) is 47.7 Å². The first kappa shape index (κ1) is 21.5. The van der Waals surface area contributed by atoms with E-state index in [4.69, 9.17) is 0 Å². The number of thiophene rings is 1. The molecule has 1 atom stereocenters. The van der Waals surface area contributed by atoms with E-state index in [1.54, 1.807) is 15.9 Å². The van der Waals surface area contributed by atoms with Gasteiger partial charge in [0.1, 0.15) is 11.1 Å². The van der Waals surface area contributed by atoms with E-state index >= 15 is 0 Å². The van der Waals surface area contributed by atoms with Crippen molar-refractivity contribution in [3.63, 3.8) is 0 Å². The molecule has 6 nitrogen and oxygen atoms in total. The Morgan fingerprint density at radius 1 is 1.03 bits per heavy atom. The summed E-state index contributed by atoms with van der Waals surface area (Å²) in [5.41, 5.74) is 1.64. The van der Waals surface area contributed by atoms with Crippen LogP contribution in [0.5, 0.6) is 0 Å². The molecule has 3 rings (SSSR count). The summed E-state index contributed by atoms with van der Waals surface area (Å²) < 4.78 is 1.73. The SMILES string of the molecule is CNC(=O)c1cn(CCc2ccccc2)cc(C(=O)NC(C)Cc2ccsc2)c1=O. The van der Waals surface area contributed by atoms with E-state index in [1.165, 1.54) is 19.4 Å². The van der Waals surface area contributed by atoms with Gasteiger partial charge in [0.2, 0.25) is 5.43 Å². The fraction of sp³-hybridized carbons (Fsp3) is 0.261. The number of rotatable bonds is 8. The number of aryl methyl sites for hydroxylation is 2. The predicted octanol–water partition coefficient (Wildman–Crippen LogP) is 2.87. The second kappa shape index (κ2) is 10.0. The van der Waals surface area contributed by atoms with Crippen LogP contribution in [0.4, 0.5) is 0 Å². The van der Waals surface area contributed by atoms with E-state index < -0.39 is 17.2 Å². The Labute approximate surface area is 179 Å². The second-order valence-corrected chi connectivity index (χ2v) is 7.96. The van der Waals surface area contributed by atoms with Crippen molar-refractivity contribution < 1.29 is 9.59 Å². The van der Waals surface area contributed by atoms with Crippen molar-refractivity contribution in [2.75, 3.05) is 7.05 Å². The standard InChI is InChI=1S/C23H25N3O3S/c1-16(12-18-9-11-30-15-18)25-23(29)20-14-26(10-8-17-6-4-3-5-7-17)13-19(21(20)27)22(28)24-2/h3-7,9,11,13-16H,8,10,12H2,1-2H3,(H,24,28)(H,25,29). The smallest absolute Gasteiger partial charge is 0.256 e. The van der Waals surface area contributed by atoms with Crippen LogP contribution in [0.25, 0.3) is 0 Å². The zero-order valence-electron chi connectivity index (χ0n) is 17.1. The highest BCUT2D eigenvalue weighted by Crippen LogP contribution is 2.09. The van der Waals surface area contributed by atoms with Gasteiger partial charge in [-0.1, -0.05) is 30.3 Å². The summed E-state index contributed by atoms with van der Waals surface area (Å²) in [6, 6.07) is 11.8. The molecule has 0 radical (unpaired) electrons. The van der Waals surface area contributed by atoms with Gasteiger partial charge in [0.25, 0.3) is 11.8 Å². The molecule has 1 aromatic carbocycles. The molecule has 0 bridgehead atoms. The van der Waals surface area contributed by atoms with Crippen LogP contribution in [0, 0.1) is 0 Å². The van der Waals surface area contributed by atoms with Crippen LogP contribution in [-0.4, -0.2) is 29.5 Å². The lowest BCUT2D eigenvalue weighted by Gasteiger charge is -2.15. The number of benzene rings is 1. The minimum absolute atomic E-state index is 0.0265. The van der Waals surface area contributed by atoms with E-state index in [-0.39, 0.29) is 17.2 Å². The Kier molecular flexibility index (Phi) is 7.19. The molecule has 30 heavy (non-hydrogen) atoms. The molecule has 0 aliphatic carbocycles. The molecule has 0 fully saturated rings. The van der Waals surface area contributed by atoms with Gasteiger partial charge in [0.05, 0.1) is 0 Å². The minimum Gasteiger partial charge on any atom is -0.355 e. The number of amides is 2. The molecule has 0 aliphatic heterocycles. The number of carbonyl (C=O) groups is 2. The Bertz CT molecular complexity index is 1060. The zero-order chi connectivity index (χ0) is 21.5. The Balaban J connectivity index is 1.83. The van der Waals surface area contributed by atoms with Crippen LogP contribution in [0.2, 0.25) is 0 Å². The lowest BCUT2D eigenvalue weighted by atomic mass is 10.1. The fourth-order valence-corrected chi connectivity index (χ4v) is 3.92. The molecule has 0 spiro atoms. The molecular formula is C23H25N3O3S. The van der Waals surface area contributed by atoms with Crippen molar-refractivity contribution in [1.29, 1.82) is 0 Å². The minimum atomic E-state index is -0.564. The monoisotopic (exact) mass is 423 g/mol. The third kappa shape index (κ3) is 5.45. The van der Waals surface area contributed by atoms with Crippen LogP contribution in [0.3, 0.4) is 0 Å². The number of pyridine rings is 1. The quantitative estimate of drug-likeness (QED) is 0.585. The third-order valence-electron chi connectivity index (χ3n) is 4.80. The van der Waals surface area contributed by atoms with Crippen LogP contribution in [-0.2, 0) is 19.4 Å². The molecule has 0 saturated carbocycles. The first-order valence-corrected chi connectivity index (χ1v) is 10.7. The largest absolute Gasteiger partial charge is 0.355 e. The Morgan fingerprint density at radius 3 is 2.37 bits per heavy atom. The van der Waals surface area contributed by atoms with Gasteiger partial charge in [-0.2, -0.15) is 11.3 Å². The van der Waals surface area contributed by atoms with Gasteiger partial charge in [-0.25, -0.2) is 0 Å². The first-order chi connectivity index (χ1) is 14.5. The van der Waals surface area contributed by atoms with E-state index in [0.29, 0.717) is 19.4 Å². The topological polar surface area (TPSA) is 80.2 Å². The molecule has 7 heteroatoms. The number of hydrogen-bond donors (Lipinski definition) is 2. The first-order valence-electron chi connectivity index (χ1n) is 9.80. The summed E-state index contributed by atoms with van der Waals surface area (Å²) in [4.78, 5) is 37.9. The zero-order valence-corrected chi connectivity index (χ0v) is 17.9. The Hall–Kier alpha value is -3.19. The van der Waals surface area contributed by atoms with E-state index in [0.717, 1.165) is 11.1 Å². The lowest BCUT2D eigenvalue weighted by molar-refractivity contribution is 0.0938. The normalized spacial score (nSPS) is 11.7. The maximum Gasteiger partial charge on any atom is 0.256 e. The summed E-state index contributed by atoms with van der Waals surface area (Å²) >= 11 is 1.60. The summed E-state index contributed by atoms with van der Waals surface area (Å²) in [6.07, 6.45) is 4.43. The molecule has 0 aliphatic rings. The summed E-state index contributed by atoms with van der Waals surface area (Å²) in [5, 5.41) is 9.38. The highest BCUT2D eigenvalue weighted by atomic mass is 32.1. The number of carbonyl (C=O) groups excluding carboxylic acids is 2.